The number of carbonyl (C=O) groups excluding carboxylic acids is 2. The van der Waals surface area contributed by atoms with E-state index in [1.807, 2.05) is 109 Å². The fourth-order valence-electron chi connectivity index (χ4n) is 8.24. The topological polar surface area (TPSA) is 95.1 Å². The minimum atomic E-state index is -0.692. The summed E-state index contributed by atoms with van der Waals surface area (Å²) < 4.78 is 23.6. The molecule has 0 aromatic heterocycles. The molecular weight excluding hydrogens is 785 g/mol. The van der Waals surface area contributed by atoms with Crippen molar-refractivity contribution in [2.45, 2.75) is 5.41 Å². The molecule has 0 radical (unpaired) electrons. The number of nitrogens with one attached hydrogen (secondary N) is 2. The van der Waals surface area contributed by atoms with Gasteiger partial charge in [0.1, 0.15) is 49.4 Å². The lowest BCUT2D eigenvalue weighted by Gasteiger charge is -2.34. The number of benzene rings is 8. The molecule has 8 heteroatoms. The van der Waals surface area contributed by atoms with Crippen molar-refractivity contribution in [1.82, 2.24) is 0 Å². The molecule has 0 aliphatic heterocycles. The summed E-state index contributed by atoms with van der Waals surface area (Å²) in [4.78, 5) is 27.4. The Morgan fingerprint density at radius 1 is 0.365 bits per heavy atom. The van der Waals surface area contributed by atoms with Gasteiger partial charge in [0.05, 0.1) is 16.5 Å². The molecule has 63 heavy (non-hydrogen) atoms. The number of para-hydroxylation sites is 4. The third-order valence-corrected chi connectivity index (χ3v) is 11.1. The normalized spacial score (nSPS) is 12.0. The Morgan fingerprint density at radius 2 is 0.714 bits per heavy atom. The van der Waals surface area contributed by atoms with Gasteiger partial charge in [-0.1, -0.05) is 133 Å². The van der Waals surface area contributed by atoms with Gasteiger partial charge in [-0.15, -0.1) is 0 Å². The van der Waals surface area contributed by atoms with E-state index < -0.39 is 5.41 Å². The summed E-state index contributed by atoms with van der Waals surface area (Å²) in [5, 5.41) is 6.16. The number of carbonyl (C=O) groups is 2. The molecule has 0 spiro atoms. The maximum Gasteiger partial charge on any atom is 0.259 e. The Kier molecular flexibility index (Phi) is 11.9. The molecule has 0 fully saturated rings. The van der Waals surface area contributed by atoms with Gasteiger partial charge in [-0.25, -0.2) is 0 Å². The van der Waals surface area contributed by atoms with E-state index >= 15 is 0 Å². The quantitative estimate of drug-likeness (QED) is 0.0942. The van der Waals surface area contributed by atoms with Gasteiger partial charge in [-0.2, -0.15) is 0 Å². The SMILES string of the molecule is O=C(Nc1ccc(C2(c3ccc(NC(=O)c4ccccc4OCCOc4ccccc4)cc3)c3ccccc3-c3ccccc32)cc1)c1ccccc1OCCOc1ccccc1. The first kappa shape index (κ1) is 40.3. The molecule has 8 aromatic carbocycles. The number of hydrogen-bond acceptors (Lipinski definition) is 6. The highest BCUT2D eigenvalue weighted by Crippen LogP contribution is 2.56. The van der Waals surface area contributed by atoms with Gasteiger partial charge in [0.15, 0.2) is 0 Å². The summed E-state index contributed by atoms with van der Waals surface area (Å²) in [5.74, 6) is 1.91. The third kappa shape index (κ3) is 8.60. The molecule has 9 rings (SSSR count). The molecular formula is C55H44N2O6. The molecule has 0 heterocycles. The molecule has 0 atom stereocenters. The van der Waals surface area contributed by atoms with E-state index in [2.05, 4.69) is 83.4 Å². The van der Waals surface area contributed by atoms with Crippen LogP contribution >= 0.6 is 0 Å². The average Bonchev–Trinajstić information content (AvgIpc) is 3.64. The highest BCUT2D eigenvalue weighted by molar-refractivity contribution is 6.07. The number of anilines is 2. The van der Waals surface area contributed by atoms with E-state index in [1.54, 1.807) is 24.3 Å². The fourth-order valence-corrected chi connectivity index (χ4v) is 8.24. The number of fused-ring (bicyclic) bond motifs is 3. The van der Waals surface area contributed by atoms with Crippen molar-refractivity contribution in [1.29, 1.82) is 0 Å². The maximum atomic E-state index is 13.7. The zero-order chi connectivity index (χ0) is 42.9. The highest BCUT2D eigenvalue weighted by Gasteiger charge is 2.45. The Bertz CT molecular complexity index is 2630. The minimum Gasteiger partial charge on any atom is -0.490 e. The van der Waals surface area contributed by atoms with Crippen LogP contribution in [-0.2, 0) is 5.41 Å². The lowest BCUT2D eigenvalue weighted by molar-refractivity contribution is 0.101. The van der Waals surface area contributed by atoms with Crippen LogP contribution < -0.4 is 29.6 Å². The van der Waals surface area contributed by atoms with E-state index in [0.717, 1.165) is 44.9 Å². The summed E-state index contributed by atoms with van der Waals surface area (Å²) in [6.07, 6.45) is 0. The Morgan fingerprint density at radius 3 is 1.14 bits per heavy atom. The van der Waals surface area contributed by atoms with Crippen molar-refractivity contribution < 1.29 is 28.5 Å². The molecule has 0 saturated heterocycles. The van der Waals surface area contributed by atoms with Crippen molar-refractivity contribution in [2.75, 3.05) is 37.1 Å². The standard InChI is InChI=1S/C55H44N2O6/c58-53(47-21-9-13-25-51(47)62-37-35-60-43-15-3-1-4-16-43)56-41-31-27-39(28-32-41)55(49-23-11-7-19-45(49)46-20-8-12-24-50(46)55)40-29-33-42(34-30-40)57-54(59)48-22-10-14-26-52(48)63-38-36-61-44-17-5-2-6-18-44/h1-34H,35-38H2,(H,56,58)(H,57,59). The summed E-state index contributed by atoms with van der Waals surface area (Å²) in [6, 6.07) is 66.6. The smallest absolute Gasteiger partial charge is 0.259 e. The van der Waals surface area contributed by atoms with Gasteiger partial charge in [0, 0.05) is 11.4 Å². The van der Waals surface area contributed by atoms with Gasteiger partial charge < -0.3 is 29.6 Å². The summed E-state index contributed by atoms with van der Waals surface area (Å²) >= 11 is 0. The first-order valence-corrected chi connectivity index (χ1v) is 20.9. The van der Waals surface area contributed by atoms with Crippen LogP contribution in [0.3, 0.4) is 0 Å². The zero-order valence-corrected chi connectivity index (χ0v) is 34.4. The van der Waals surface area contributed by atoms with Crippen molar-refractivity contribution in [2.24, 2.45) is 0 Å². The Balaban J connectivity index is 0.944. The Hall–Kier alpha value is -8.10. The molecule has 0 unspecified atom stereocenters. The predicted molar refractivity (Wildman–Crippen MR) is 247 cm³/mol. The van der Waals surface area contributed by atoms with Gasteiger partial charge in [0.25, 0.3) is 11.8 Å². The summed E-state index contributed by atoms with van der Waals surface area (Å²) in [5.41, 5.74) is 8.09. The Labute approximate surface area is 366 Å². The largest absolute Gasteiger partial charge is 0.490 e. The summed E-state index contributed by atoms with van der Waals surface area (Å²) in [6.45, 7) is 1.23. The molecule has 1 aliphatic carbocycles. The van der Waals surface area contributed by atoms with Crippen molar-refractivity contribution in [3.8, 4) is 34.1 Å². The van der Waals surface area contributed by atoms with Crippen molar-refractivity contribution >= 4 is 23.2 Å². The minimum absolute atomic E-state index is 0.279. The van der Waals surface area contributed by atoms with Gasteiger partial charge in [0.2, 0.25) is 0 Å². The molecule has 8 aromatic rings. The molecule has 0 bridgehead atoms. The third-order valence-electron chi connectivity index (χ3n) is 11.1. The van der Waals surface area contributed by atoms with Gasteiger partial charge in [-0.3, -0.25) is 9.59 Å². The second-order valence-corrected chi connectivity index (χ2v) is 14.9. The fraction of sp³-hybridized carbons (Fsp3) is 0.0909. The molecule has 2 N–H and O–H groups in total. The second kappa shape index (κ2) is 18.7. The summed E-state index contributed by atoms with van der Waals surface area (Å²) in [7, 11) is 0. The average molecular weight is 829 g/mol. The van der Waals surface area contributed by atoms with E-state index in [-0.39, 0.29) is 25.0 Å². The van der Waals surface area contributed by atoms with E-state index in [0.29, 0.717) is 47.2 Å². The van der Waals surface area contributed by atoms with E-state index in [4.69, 9.17) is 18.9 Å². The highest BCUT2D eigenvalue weighted by atomic mass is 16.5. The van der Waals surface area contributed by atoms with E-state index in [9.17, 15) is 9.59 Å². The molecule has 310 valence electrons. The molecule has 8 nitrogen and oxygen atoms in total. The molecule has 1 aliphatic rings. The first-order valence-electron chi connectivity index (χ1n) is 20.9. The second-order valence-electron chi connectivity index (χ2n) is 14.9. The van der Waals surface area contributed by atoms with Gasteiger partial charge >= 0.3 is 0 Å². The predicted octanol–water partition coefficient (Wildman–Crippen LogP) is 11.5. The zero-order valence-electron chi connectivity index (χ0n) is 34.4. The van der Waals surface area contributed by atoms with Crippen molar-refractivity contribution in [3.63, 3.8) is 0 Å². The number of amides is 2. The first-order chi connectivity index (χ1) is 31.1. The van der Waals surface area contributed by atoms with Crippen LogP contribution in [0.4, 0.5) is 11.4 Å². The molecule has 0 saturated carbocycles. The number of rotatable bonds is 16. The van der Waals surface area contributed by atoms with Crippen LogP contribution in [0.5, 0.6) is 23.0 Å². The number of hydrogen-bond donors (Lipinski definition) is 2. The van der Waals surface area contributed by atoms with Gasteiger partial charge in [-0.05, 0) is 106 Å². The monoisotopic (exact) mass is 828 g/mol. The maximum absolute atomic E-state index is 13.7. The van der Waals surface area contributed by atoms with Crippen LogP contribution in [0, 0.1) is 0 Å². The van der Waals surface area contributed by atoms with Crippen molar-refractivity contribution in [3.05, 3.63) is 240 Å². The van der Waals surface area contributed by atoms with Crippen LogP contribution in [0.25, 0.3) is 11.1 Å². The van der Waals surface area contributed by atoms with Crippen LogP contribution in [-0.4, -0.2) is 38.2 Å². The van der Waals surface area contributed by atoms with Crippen LogP contribution in [0.1, 0.15) is 43.0 Å². The number of ether oxygens (including phenoxy) is 4. The lowest BCUT2D eigenvalue weighted by Crippen LogP contribution is -2.28. The van der Waals surface area contributed by atoms with E-state index in [1.165, 1.54) is 0 Å². The molecule has 2 amide bonds. The van der Waals surface area contributed by atoms with Crippen LogP contribution in [0.15, 0.2) is 206 Å². The lowest BCUT2D eigenvalue weighted by atomic mass is 9.67. The van der Waals surface area contributed by atoms with Crippen LogP contribution in [0.2, 0.25) is 0 Å².